The van der Waals surface area contributed by atoms with Crippen molar-refractivity contribution in [3.63, 3.8) is 0 Å². The highest BCUT2D eigenvalue weighted by molar-refractivity contribution is 8.15. The van der Waals surface area contributed by atoms with Gasteiger partial charge in [-0.15, -0.1) is 0 Å². The summed E-state index contributed by atoms with van der Waals surface area (Å²) in [6.07, 6.45) is 0.489. The third-order valence-electron chi connectivity index (χ3n) is 4.14. The molecular formula is C19H17ClN2O4S. The van der Waals surface area contributed by atoms with E-state index in [1.54, 1.807) is 12.1 Å². The Morgan fingerprint density at radius 3 is 2.74 bits per heavy atom. The second kappa shape index (κ2) is 8.02. The number of halogens is 1. The van der Waals surface area contributed by atoms with Crippen LogP contribution in [0.2, 0.25) is 5.02 Å². The van der Waals surface area contributed by atoms with Crippen LogP contribution in [-0.4, -0.2) is 27.4 Å². The second-order valence-corrected chi connectivity index (χ2v) is 7.53. The van der Waals surface area contributed by atoms with Crippen molar-refractivity contribution >= 4 is 51.8 Å². The molecule has 2 N–H and O–H groups in total. The van der Waals surface area contributed by atoms with Crippen LogP contribution in [0.1, 0.15) is 18.9 Å². The predicted molar refractivity (Wildman–Crippen MR) is 106 cm³/mol. The number of thioether (sulfide) groups is 1. The number of nitrogens with one attached hydrogen (secondary N) is 1. The number of benzene rings is 2. The maximum absolute atomic E-state index is 12.7. The van der Waals surface area contributed by atoms with Gasteiger partial charge in [-0.25, -0.2) is 4.90 Å². The Morgan fingerprint density at radius 2 is 2.00 bits per heavy atom. The average molecular weight is 405 g/mol. The molecule has 0 aliphatic carbocycles. The highest BCUT2D eigenvalue weighted by atomic mass is 35.5. The Balaban J connectivity index is 1.73. The number of phenolic OH excluding ortho intramolecular Hbond substituents is 1. The number of hydrogen-bond donors (Lipinski definition) is 2. The lowest BCUT2D eigenvalue weighted by Crippen LogP contribution is -2.33. The van der Waals surface area contributed by atoms with Crippen LogP contribution in [0, 0.1) is 0 Å². The number of anilines is 2. The maximum Gasteiger partial charge on any atom is 0.293 e. The van der Waals surface area contributed by atoms with E-state index < -0.39 is 22.3 Å². The first-order chi connectivity index (χ1) is 12.9. The Morgan fingerprint density at radius 1 is 1.26 bits per heavy atom. The first-order valence-corrected chi connectivity index (χ1v) is 9.57. The van der Waals surface area contributed by atoms with Gasteiger partial charge in [0.15, 0.2) is 0 Å². The SMILES string of the molecule is CCc1ccccc1N1C(=O)SC(CC(=O)Nc2cc(Cl)ccc2O)C1=O. The van der Waals surface area contributed by atoms with Gasteiger partial charge in [0.25, 0.3) is 5.24 Å². The number of aryl methyl sites for hydroxylation is 1. The second-order valence-electron chi connectivity index (χ2n) is 5.94. The van der Waals surface area contributed by atoms with Crippen LogP contribution >= 0.6 is 23.4 Å². The molecular weight excluding hydrogens is 388 g/mol. The van der Waals surface area contributed by atoms with E-state index in [9.17, 15) is 19.5 Å². The highest BCUT2D eigenvalue weighted by Gasteiger charge is 2.42. The van der Waals surface area contributed by atoms with E-state index in [1.807, 2.05) is 19.1 Å². The molecule has 0 bridgehead atoms. The van der Waals surface area contributed by atoms with Gasteiger partial charge in [-0.05, 0) is 48.0 Å². The van der Waals surface area contributed by atoms with E-state index >= 15 is 0 Å². The largest absolute Gasteiger partial charge is 0.506 e. The molecule has 2 aromatic carbocycles. The summed E-state index contributed by atoms with van der Waals surface area (Å²) < 4.78 is 0. The van der Waals surface area contributed by atoms with Crippen LogP contribution in [0.3, 0.4) is 0 Å². The van der Waals surface area contributed by atoms with Gasteiger partial charge < -0.3 is 10.4 Å². The maximum atomic E-state index is 12.7. The standard InChI is InChI=1S/C19H17ClN2O4S/c1-2-11-5-3-4-6-14(11)22-18(25)16(27-19(22)26)10-17(24)21-13-9-12(20)7-8-15(13)23/h3-9,16,23H,2,10H2,1H3,(H,21,24). The summed E-state index contributed by atoms with van der Waals surface area (Å²) in [6.45, 7) is 1.94. The minimum atomic E-state index is -0.816. The minimum Gasteiger partial charge on any atom is -0.506 e. The molecule has 0 spiro atoms. The summed E-state index contributed by atoms with van der Waals surface area (Å²) in [5, 5.41) is 11.4. The first-order valence-electron chi connectivity index (χ1n) is 8.31. The van der Waals surface area contributed by atoms with Crippen molar-refractivity contribution < 1.29 is 19.5 Å². The molecule has 1 unspecified atom stereocenters. The number of nitrogens with zero attached hydrogens (tertiary/aromatic N) is 1. The van der Waals surface area contributed by atoms with E-state index in [4.69, 9.17) is 11.6 Å². The molecule has 0 aromatic heterocycles. The molecule has 0 radical (unpaired) electrons. The van der Waals surface area contributed by atoms with Gasteiger partial charge in [0.2, 0.25) is 11.8 Å². The van der Waals surface area contributed by atoms with Crippen molar-refractivity contribution in [2.24, 2.45) is 0 Å². The molecule has 6 nitrogen and oxygen atoms in total. The van der Waals surface area contributed by atoms with Gasteiger partial charge in [-0.2, -0.15) is 0 Å². The van der Waals surface area contributed by atoms with E-state index in [0.29, 0.717) is 17.1 Å². The summed E-state index contributed by atoms with van der Waals surface area (Å²) in [7, 11) is 0. The van der Waals surface area contributed by atoms with Crippen molar-refractivity contribution in [1.29, 1.82) is 0 Å². The zero-order valence-electron chi connectivity index (χ0n) is 14.4. The highest BCUT2D eigenvalue weighted by Crippen LogP contribution is 2.35. The van der Waals surface area contributed by atoms with Gasteiger partial charge in [-0.1, -0.05) is 36.7 Å². The molecule has 1 fully saturated rings. The number of imide groups is 1. The first kappa shape index (κ1) is 19.3. The van der Waals surface area contributed by atoms with Gasteiger partial charge in [0.1, 0.15) is 11.0 Å². The fourth-order valence-electron chi connectivity index (χ4n) is 2.81. The normalized spacial score (nSPS) is 16.7. The van der Waals surface area contributed by atoms with Crippen LogP contribution in [0.5, 0.6) is 5.75 Å². The summed E-state index contributed by atoms with van der Waals surface area (Å²) in [5.74, 6) is -1.04. The van der Waals surface area contributed by atoms with Crippen LogP contribution in [0.4, 0.5) is 16.2 Å². The van der Waals surface area contributed by atoms with Crippen LogP contribution in [-0.2, 0) is 16.0 Å². The zero-order valence-corrected chi connectivity index (χ0v) is 16.0. The zero-order chi connectivity index (χ0) is 19.6. The topological polar surface area (TPSA) is 86.7 Å². The molecule has 1 saturated heterocycles. The third-order valence-corrected chi connectivity index (χ3v) is 5.41. The van der Waals surface area contributed by atoms with Crippen LogP contribution < -0.4 is 10.2 Å². The fraction of sp³-hybridized carbons (Fsp3) is 0.211. The van der Waals surface area contributed by atoms with Crippen LogP contribution in [0.15, 0.2) is 42.5 Å². The number of carbonyl (C=O) groups is 3. The van der Waals surface area contributed by atoms with Crippen molar-refractivity contribution in [3.8, 4) is 5.75 Å². The number of amides is 3. The van der Waals surface area contributed by atoms with E-state index in [0.717, 1.165) is 22.2 Å². The number of aromatic hydroxyl groups is 1. The monoisotopic (exact) mass is 404 g/mol. The summed E-state index contributed by atoms with van der Waals surface area (Å²) >= 11 is 6.69. The molecule has 140 valence electrons. The summed E-state index contributed by atoms with van der Waals surface area (Å²) in [4.78, 5) is 38.5. The van der Waals surface area contributed by atoms with Gasteiger partial charge in [0, 0.05) is 11.4 Å². The molecule has 2 aromatic rings. The van der Waals surface area contributed by atoms with E-state index in [1.165, 1.54) is 18.2 Å². The predicted octanol–water partition coefficient (Wildman–Crippen LogP) is 4.21. The minimum absolute atomic E-state index is 0.132. The number of phenols is 1. The number of para-hydroxylation sites is 1. The Labute approximate surface area is 165 Å². The lowest BCUT2D eigenvalue weighted by atomic mass is 10.1. The Bertz CT molecular complexity index is 918. The molecule has 1 heterocycles. The quantitative estimate of drug-likeness (QED) is 0.729. The molecule has 3 amide bonds. The van der Waals surface area contributed by atoms with E-state index in [-0.39, 0.29) is 17.9 Å². The van der Waals surface area contributed by atoms with Crippen molar-refractivity contribution in [1.82, 2.24) is 0 Å². The average Bonchev–Trinajstić information content (AvgIpc) is 2.91. The van der Waals surface area contributed by atoms with Crippen molar-refractivity contribution in [2.75, 3.05) is 10.2 Å². The molecule has 8 heteroatoms. The fourth-order valence-corrected chi connectivity index (χ4v) is 3.96. The van der Waals surface area contributed by atoms with Crippen molar-refractivity contribution in [2.45, 2.75) is 25.0 Å². The van der Waals surface area contributed by atoms with Crippen molar-refractivity contribution in [3.05, 3.63) is 53.1 Å². The lowest BCUT2D eigenvalue weighted by Gasteiger charge is -2.17. The van der Waals surface area contributed by atoms with Gasteiger partial charge >= 0.3 is 0 Å². The molecule has 0 saturated carbocycles. The molecule has 3 rings (SSSR count). The number of carbonyl (C=O) groups excluding carboxylic acids is 3. The number of hydrogen-bond acceptors (Lipinski definition) is 5. The molecule has 27 heavy (non-hydrogen) atoms. The summed E-state index contributed by atoms with van der Waals surface area (Å²) in [6, 6.07) is 11.5. The van der Waals surface area contributed by atoms with E-state index in [2.05, 4.69) is 5.32 Å². The molecule has 1 aliphatic rings. The lowest BCUT2D eigenvalue weighted by molar-refractivity contribution is -0.121. The third kappa shape index (κ3) is 4.09. The van der Waals surface area contributed by atoms with Gasteiger partial charge in [0.05, 0.1) is 11.4 Å². The van der Waals surface area contributed by atoms with Gasteiger partial charge in [-0.3, -0.25) is 14.4 Å². The van der Waals surface area contributed by atoms with Crippen LogP contribution in [0.25, 0.3) is 0 Å². The molecule has 1 aliphatic heterocycles. The summed E-state index contributed by atoms with van der Waals surface area (Å²) in [5.41, 5.74) is 1.59. The smallest absolute Gasteiger partial charge is 0.293 e. The Kier molecular flexibility index (Phi) is 5.72. The Hall–Kier alpha value is -2.51. The number of rotatable bonds is 5. The molecule has 1 atom stereocenters.